The standard InChI is InChI=1S/C18H19N3/c19-13-15-6-1-2-7-16(15)14-20-17-8-5-9-18(12-17)21-10-3-4-11-21/h1-2,5-9,12,20H,3-4,10-11,14H2. The van der Waals surface area contributed by atoms with Crippen molar-refractivity contribution in [2.24, 2.45) is 0 Å². The Labute approximate surface area is 125 Å². The third kappa shape index (κ3) is 3.17. The van der Waals surface area contributed by atoms with Gasteiger partial charge in [-0.3, -0.25) is 0 Å². The highest BCUT2D eigenvalue weighted by Gasteiger charge is 2.12. The van der Waals surface area contributed by atoms with Crippen molar-refractivity contribution in [2.45, 2.75) is 19.4 Å². The van der Waals surface area contributed by atoms with Crippen LogP contribution >= 0.6 is 0 Å². The van der Waals surface area contributed by atoms with Crippen LogP contribution < -0.4 is 10.2 Å². The minimum atomic E-state index is 0.674. The molecule has 0 amide bonds. The molecule has 3 nitrogen and oxygen atoms in total. The molecule has 0 spiro atoms. The lowest BCUT2D eigenvalue weighted by molar-refractivity contribution is 0.949. The molecule has 0 unspecified atom stereocenters. The summed E-state index contributed by atoms with van der Waals surface area (Å²) in [7, 11) is 0. The summed E-state index contributed by atoms with van der Waals surface area (Å²) in [6.45, 7) is 2.98. The Morgan fingerprint density at radius 2 is 1.86 bits per heavy atom. The Kier molecular flexibility index (Phi) is 4.07. The maximum absolute atomic E-state index is 9.12. The molecule has 1 fully saturated rings. The lowest BCUT2D eigenvalue weighted by Gasteiger charge is -2.18. The van der Waals surface area contributed by atoms with E-state index in [-0.39, 0.29) is 0 Å². The minimum Gasteiger partial charge on any atom is -0.381 e. The van der Waals surface area contributed by atoms with Crippen LogP contribution in [-0.4, -0.2) is 13.1 Å². The third-order valence-corrected chi connectivity index (χ3v) is 3.94. The van der Waals surface area contributed by atoms with Crippen LogP contribution in [-0.2, 0) is 6.54 Å². The van der Waals surface area contributed by atoms with Crippen molar-refractivity contribution in [1.82, 2.24) is 0 Å². The smallest absolute Gasteiger partial charge is 0.0995 e. The second-order valence-electron chi connectivity index (χ2n) is 5.37. The summed E-state index contributed by atoms with van der Waals surface area (Å²) in [4.78, 5) is 2.43. The van der Waals surface area contributed by atoms with Crippen LogP contribution in [0.1, 0.15) is 24.0 Å². The molecule has 3 heteroatoms. The molecule has 106 valence electrons. The highest BCUT2D eigenvalue weighted by molar-refractivity contribution is 5.58. The van der Waals surface area contributed by atoms with Crippen molar-refractivity contribution < 1.29 is 0 Å². The molecule has 0 radical (unpaired) electrons. The van der Waals surface area contributed by atoms with Crippen LogP contribution in [0.25, 0.3) is 0 Å². The molecule has 2 aromatic carbocycles. The molecular weight excluding hydrogens is 258 g/mol. The molecule has 0 saturated carbocycles. The zero-order valence-electron chi connectivity index (χ0n) is 12.0. The third-order valence-electron chi connectivity index (χ3n) is 3.94. The fourth-order valence-electron chi connectivity index (χ4n) is 2.77. The van der Waals surface area contributed by atoms with Gasteiger partial charge in [-0.2, -0.15) is 5.26 Å². The van der Waals surface area contributed by atoms with Gasteiger partial charge < -0.3 is 10.2 Å². The number of nitrogens with one attached hydrogen (secondary N) is 1. The molecule has 1 heterocycles. The molecular formula is C18H19N3. The van der Waals surface area contributed by atoms with Gasteiger partial charge in [-0.05, 0) is 42.7 Å². The zero-order valence-corrected chi connectivity index (χ0v) is 12.0. The van der Waals surface area contributed by atoms with Crippen molar-refractivity contribution in [2.75, 3.05) is 23.3 Å². The molecule has 2 aromatic rings. The first-order chi connectivity index (χ1) is 10.4. The normalized spacial score (nSPS) is 14.0. The summed E-state index contributed by atoms with van der Waals surface area (Å²) in [5.41, 5.74) is 4.16. The van der Waals surface area contributed by atoms with E-state index < -0.39 is 0 Å². The van der Waals surface area contributed by atoms with E-state index in [0.29, 0.717) is 6.54 Å². The predicted molar refractivity (Wildman–Crippen MR) is 86.4 cm³/mol. The first kappa shape index (κ1) is 13.5. The molecule has 1 aliphatic rings. The summed E-state index contributed by atoms with van der Waals surface area (Å²) in [5, 5.41) is 12.5. The lowest BCUT2D eigenvalue weighted by atomic mass is 10.1. The van der Waals surface area contributed by atoms with Gasteiger partial charge in [0.05, 0.1) is 11.6 Å². The molecule has 1 saturated heterocycles. The van der Waals surface area contributed by atoms with E-state index in [1.165, 1.54) is 18.5 Å². The number of anilines is 2. The highest BCUT2D eigenvalue weighted by atomic mass is 15.1. The van der Waals surface area contributed by atoms with E-state index in [2.05, 4.69) is 40.6 Å². The first-order valence-electron chi connectivity index (χ1n) is 7.44. The Hall–Kier alpha value is -2.47. The largest absolute Gasteiger partial charge is 0.381 e. The van der Waals surface area contributed by atoms with Crippen LogP contribution in [0.4, 0.5) is 11.4 Å². The van der Waals surface area contributed by atoms with Gasteiger partial charge in [0.2, 0.25) is 0 Å². The molecule has 0 aromatic heterocycles. The maximum Gasteiger partial charge on any atom is 0.0995 e. The highest BCUT2D eigenvalue weighted by Crippen LogP contribution is 2.23. The molecule has 21 heavy (non-hydrogen) atoms. The van der Waals surface area contributed by atoms with Crippen LogP contribution in [0, 0.1) is 11.3 Å². The van der Waals surface area contributed by atoms with E-state index in [4.69, 9.17) is 5.26 Å². The Morgan fingerprint density at radius 1 is 1.05 bits per heavy atom. The number of hydrogen-bond acceptors (Lipinski definition) is 3. The van der Waals surface area contributed by atoms with Crippen molar-refractivity contribution in [1.29, 1.82) is 5.26 Å². The van der Waals surface area contributed by atoms with Crippen molar-refractivity contribution >= 4 is 11.4 Å². The quantitative estimate of drug-likeness (QED) is 0.924. The number of nitrogens with zero attached hydrogens (tertiary/aromatic N) is 2. The van der Waals surface area contributed by atoms with Crippen molar-refractivity contribution in [3.05, 3.63) is 59.7 Å². The van der Waals surface area contributed by atoms with Gasteiger partial charge in [-0.1, -0.05) is 24.3 Å². The van der Waals surface area contributed by atoms with E-state index in [0.717, 1.165) is 29.9 Å². The summed E-state index contributed by atoms with van der Waals surface area (Å²) >= 11 is 0. The number of nitriles is 1. The Bertz CT molecular complexity index is 652. The lowest BCUT2D eigenvalue weighted by Crippen LogP contribution is -2.17. The summed E-state index contributed by atoms with van der Waals surface area (Å²) < 4.78 is 0. The summed E-state index contributed by atoms with van der Waals surface area (Å²) in [5.74, 6) is 0. The van der Waals surface area contributed by atoms with Crippen molar-refractivity contribution in [3.63, 3.8) is 0 Å². The minimum absolute atomic E-state index is 0.674. The summed E-state index contributed by atoms with van der Waals surface area (Å²) in [6, 6.07) is 18.5. The first-order valence-corrected chi connectivity index (χ1v) is 7.44. The van der Waals surface area contributed by atoms with E-state index in [9.17, 15) is 0 Å². The Morgan fingerprint density at radius 3 is 2.67 bits per heavy atom. The van der Waals surface area contributed by atoms with E-state index >= 15 is 0 Å². The number of benzene rings is 2. The van der Waals surface area contributed by atoms with Gasteiger partial charge in [0.15, 0.2) is 0 Å². The van der Waals surface area contributed by atoms with Gasteiger partial charge in [-0.25, -0.2) is 0 Å². The SMILES string of the molecule is N#Cc1ccccc1CNc1cccc(N2CCCC2)c1. The zero-order chi connectivity index (χ0) is 14.5. The molecule has 0 atom stereocenters. The fourth-order valence-corrected chi connectivity index (χ4v) is 2.77. The van der Waals surface area contributed by atoms with Crippen LogP contribution in [0.2, 0.25) is 0 Å². The average molecular weight is 277 g/mol. The fraction of sp³-hybridized carbons (Fsp3) is 0.278. The number of rotatable bonds is 4. The maximum atomic E-state index is 9.12. The molecule has 0 bridgehead atoms. The average Bonchev–Trinajstić information content (AvgIpc) is 3.08. The number of hydrogen-bond donors (Lipinski definition) is 1. The van der Waals surface area contributed by atoms with Gasteiger partial charge in [0.25, 0.3) is 0 Å². The second-order valence-corrected chi connectivity index (χ2v) is 5.37. The van der Waals surface area contributed by atoms with Gasteiger partial charge in [0.1, 0.15) is 0 Å². The Balaban J connectivity index is 1.70. The van der Waals surface area contributed by atoms with Gasteiger partial charge >= 0.3 is 0 Å². The monoisotopic (exact) mass is 277 g/mol. The van der Waals surface area contributed by atoms with Gasteiger partial charge in [-0.15, -0.1) is 0 Å². The molecule has 1 aliphatic heterocycles. The topological polar surface area (TPSA) is 39.1 Å². The predicted octanol–water partition coefficient (Wildman–Crippen LogP) is 3.77. The van der Waals surface area contributed by atoms with E-state index in [1.807, 2.05) is 24.3 Å². The van der Waals surface area contributed by atoms with Crippen LogP contribution in [0.3, 0.4) is 0 Å². The second kappa shape index (κ2) is 6.32. The van der Waals surface area contributed by atoms with Crippen LogP contribution in [0.5, 0.6) is 0 Å². The summed E-state index contributed by atoms with van der Waals surface area (Å²) in [6.07, 6.45) is 2.57. The molecule has 1 N–H and O–H groups in total. The van der Waals surface area contributed by atoms with Crippen molar-refractivity contribution in [3.8, 4) is 6.07 Å². The van der Waals surface area contributed by atoms with Gasteiger partial charge in [0, 0.05) is 31.0 Å². The van der Waals surface area contributed by atoms with Crippen LogP contribution in [0.15, 0.2) is 48.5 Å². The van der Waals surface area contributed by atoms with E-state index in [1.54, 1.807) is 0 Å². The molecule has 3 rings (SSSR count). The molecule has 0 aliphatic carbocycles.